The normalized spacial score (nSPS) is 12.4. The summed E-state index contributed by atoms with van der Waals surface area (Å²) in [6.07, 6.45) is -4.80. The van der Waals surface area contributed by atoms with Gasteiger partial charge >= 0.3 is 6.18 Å². The number of carbonyl (C=O) groups excluding carboxylic acids is 2. The fourth-order valence-electron chi connectivity index (χ4n) is 5.24. The minimum atomic E-state index is -4.90. The van der Waals surface area contributed by atoms with Crippen molar-refractivity contribution in [3.63, 3.8) is 0 Å². The summed E-state index contributed by atoms with van der Waals surface area (Å²) in [4.78, 5) is 29.5. The van der Waals surface area contributed by atoms with Crippen molar-refractivity contribution in [3.05, 3.63) is 130 Å². The number of nitrogens with zero attached hydrogens (tertiary/aromatic N) is 2. The number of nitrogens with one attached hydrogen (secondary N) is 1. The summed E-state index contributed by atoms with van der Waals surface area (Å²) >= 11 is 5.89. The van der Waals surface area contributed by atoms with E-state index in [4.69, 9.17) is 11.6 Å². The zero-order chi connectivity index (χ0) is 35.9. The van der Waals surface area contributed by atoms with Crippen LogP contribution in [0.4, 0.5) is 18.9 Å². The summed E-state index contributed by atoms with van der Waals surface area (Å²) in [5.41, 5.74) is 1.43. The molecule has 0 saturated heterocycles. The van der Waals surface area contributed by atoms with Gasteiger partial charge < -0.3 is 10.2 Å². The molecule has 0 aromatic heterocycles. The third-order valence-electron chi connectivity index (χ3n) is 7.82. The molecule has 4 rings (SSSR count). The van der Waals surface area contributed by atoms with Crippen LogP contribution in [0.15, 0.2) is 102 Å². The number of sulfonamides is 1. The Labute approximate surface area is 290 Å². The highest BCUT2D eigenvalue weighted by atomic mass is 35.5. The molecule has 0 bridgehead atoms. The lowest BCUT2D eigenvalue weighted by Crippen LogP contribution is -2.53. The van der Waals surface area contributed by atoms with E-state index in [1.165, 1.54) is 17.0 Å². The number of aryl methyl sites for hydroxylation is 2. The summed E-state index contributed by atoms with van der Waals surface area (Å²) in [6.45, 7) is 6.85. The van der Waals surface area contributed by atoms with Crippen LogP contribution in [0.25, 0.3) is 0 Å². The third-order valence-corrected chi connectivity index (χ3v) is 9.94. The summed E-state index contributed by atoms with van der Waals surface area (Å²) < 4.78 is 71.0. The first-order valence-electron chi connectivity index (χ1n) is 15.7. The van der Waals surface area contributed by atoms with Gasteiger partial charge in [0.05, 0.1) is 21.2 Å². The van der Waals surface area contributed by atoms with Crippen LogP contribution in [0.5, 0.6) is 0 Å². The van der Waals surface area contributed by atoms with Gasteiger partial charge in [-0.3, -0.25) is 13.9 Å². The van der Waals surface area contributed by atoms with Gasteiger partial charge in [0, 0.05) is 19.5 Å². The molecule has 4 aromatic carbocycles. The van der Waals surface area contributed by atoms with E-state index in [0.29, 0.717) is 22.5 Å². The molecule has 0 radical (unpaired) electrons. The van der Waals surface area contributed by atoms with Crippen molar-refractivity contribution in [2.45, 2.75) is 57.8 Å². The standard InChI is InChI=1S/C37H39ClF3N3O4S/c1-25(2)22-42-36(46)34(20-28-10-6-5-7-11-28)43(23-29-12-8-9-27(4)19-29)35(45)24-44(49(47,48)31-16-13-26(3)14-17-31)30-15-18-33(38)32(21-30)37(39,40)41/h5-19,21,25,34H,20,22-24H2,1-4H3,(H,42,46). The van der Waals surface area contributed by atoms with Gasteiger partial charge in [0.15, 0.2) is 0 Å². The number of carbonyl (C=O) groups is 2. The Morgan fingerprint density at radius 2 is 1.49 bits per heavy atom. The number of anilines is 1. The van der Waals surface area contributed by atoms with E-state index in [2.05, 4.69) is 5.32 Å². The van der Waals surface area contributed by atoms with E-state index in [1.807, 2.05) is 51.1 Å². The third kappa shape index (κ3) is 9.86. The molecule has 1 unspecified atom stereocenters. The molecule has 7 nitrogen and oxygen atoms in total. The maximum atomic E-state index is 14.6. The molecular formula is C37H39ClF3N3O4S. The lowest BCUT2D eigenvalue weighted by Gasteiger charge is -2.34. The Bertz CT molecular complexity index is 1870. The van der Waals surface area contributed by atoms with Crippen LogP contribution >= 0.6 is 11.6 Å². The fourth-order valence-corrected chi connectivity index (χ4v) is 6.87. The zero-order valence-electron chi connectivity index (χ0n) is 27.7. The van der Waals surface area contributed by atoms with Crippen molar-refractivity contribution >= 4 is 39.1 Å². The summed E-state index contributed by atoms with van der Waals surface area (Å²) in [6, 6.07) is 23.7. The molecule has 2 amide bonds. The van der Waals surface area contributed by atoms with Gasteiger partial charge in [-0.15, -0.1) is 0 Å². The Kier molecular flexibility index (Phi) is 12.2. The van der Waals surface area contributed by atoms with Gasteiger partial charge in [-0.25, -0.2) is 8.42 Å². The topological polar surface area (TPSA) is 86.8 Å². The van der Waals surface area contributed by atoms with Crippen LogP contribution in [0.1, 0.15) is 41.7 Å². The first-order chi connectivity index (χ1) is 23.1. The number of hydrogen-bond acceptors (Lipinski definition) is 4. The van der Waals surface area contributed by atoms with Gasteiger partial charge in [0.25, 0.3) is 10.0 Å². The quantitative estimate of drug-likeness (QED) is 0.155. The highest BCUT2D eigenvalue weighted by Gasteiger charge is 2.37. The van der Waals surface area contributed by atoms with E-state index in [9.17, 15) is 31.2 Å². The van der Waals surface area contributed by atoms with Crippen molar-refractivity contribution in [1.29, 1.82) is 0 Å². The lowest BCUT2D eigenvalue weighted by atomic mass is 10.0. The van der Waals surface area contributed by atoms with Crippen molar-refractivity contribution in [1.82, 2.24) is 10.2 Å². The smallest absolute Gasteiger partial charge is 0.354 e. The molecule has 0 saturated carbocycles. The second kappa shape index (κ2) is 15.9. The highest BCUT2D eigenvalue weighted by Crippen LogP contribution is 2.38. The number of amides is 2. The molecular weight excluding hydrogens is 675 g/mol. The molecule has 4 aromatic rings. The maximum absolute atomic E-state index is 14.6. The zero-order valence-corrected chi connectivity index (χ0v) is 29.2. The molecule has 0 fully saturated rings. The lowest BCUT2D eigenvalue weighted by molar-refractivity contribution is -0.140. The summed E-state index contributed by atoms with van der Waals surface area (Å²) in [7, 11) is -4.61. The van der Waals surface area contributed by atoms with Crippen molar-refractivity contribution in [2.24, 2.45) is 5.92 Å². The van der Waals surface area contributed by atoms with Crippen molar-refractivity contribution < 1.29 is 31.2 Å². The number of rotatable bonds is 13. The molecule has 0 aliphatic heterocycles. The van der Waals surface area contributed by atoms with Gasteiger partial charge in [-0.2, -0.15) is 13.2 Å². The first kappa shape index (κ1) is 37.5. The maximum Gasteiger partial charge on any atom is 0.417 e. The van der Waals surface area contributed by atoms with E-state index >= 15 is 0 Å². The van der Waals surface area contributed by atoms with Crippen LogP contribution in [0.3, 0.4) is 0 Å². The minimum Gasteiger partial charge on any atom is -0.354 e. The molecule has 260 valence electrons. The molecule has 0 aliphatic carbocycles. The van der Waals surface area contributed by atoms with Gasteiger partial charge in [-0.05, 0) is 61.2 Å². The number of benzene rings is 4. The Morgan fingerprint density at radius 1 is 0.837 bits per heavy atom. The predicted molar refractivity (Wildman–Crippen MR) is 186 cm³/mol. The average Bonchev–Trinajstić information content (AvgIpc) is 3.04. The molecule has 0 heterocycles. The van der Waals surface area contributed by atoms with Gasteiger partial charge in [0.2, 0.25) is 11.8 Å². The van der Waals surface area contributed by atoms with Gasteiger partial charge in [-0.1, -0.05) is 103 Å². The molecule has 12 heteroatoms. The second-order valence-electron chi connectivity index (χ2n) is 12.3. The Hall–Kier alpha value is -4.35. The molecule has 1 atom stereocenters. The Morgan fingerprint density at radius 3 is 2.10 bits per heavy atom. The second-order valence-corrected chi connectivity index (χ2v) is 14.6. The van der Waals surface area contributed by atoms with Crippen LogP contribution in [-0.2, 0) is 38.8 Å². The number of halogens is 4. The molecule has 49 heavy (non-hydrogen) atoms. The SMILES string of the molecule is Cc1ccc(S(=O)(=O)N(CC(=O)N(Cc2cccc(C)c2)C(Cc2ccccc2)C(=O)NCC(C)C)c2ccc(Cl)c(C(F)(F)F)c2)cc1. The molecule has 1 N–H and O–H groups in total. The summed E-state index contributed by atoms with van der Waals surface area (Å²) in [5, 5.41) is 2.28. The van der Waals surface area contributed by atoms with Crippen LogP contribution in [0.2, 0.25) is 5.02 Å². The van der Waals surface area contributed by atoms with Crippen LogP contribution in [-0.4, -0.2) is 44.3 Å². The highest BCUT2D eigenvalue weighted by molar-refractivity contribution is 7.92. The van der Waals surface area contributed by atoms with E-state index < -0.39 is 56.9 Å². The van der Waals surface area contributed by atoms with Crippen LogP contribution < -0.4 is 9.62 Å². The number of hydrogen-bond donors (Lipinski definition) is 1. The van der Waals surface area contributed by atoms with E-state index in [-0.39, 0.29) is 23.8 Å². The predicted octanol–water partition coefficient (Wildman–Crippen LogP) is 7.58. The fraction of sp³-hybridized carbons (Fsp3) is 0.297. The minimum absolute atomic E-state index is 0.0695. The molecule has 0 aliphatic rings. The molecule has 0 spiro atoms. The van der Waals surface area contributed by atoms with Crippen molar-refractivity contribution in [3.8, 4) is 0 Å². The average molecular weight is 714 g/mol. The first-order valence-corrected chi connectivity index (χ1v) is 17.5. The number of alkyl halides is 3. The van der Waals surface area contributed by atoms with Gasteiger partial charge in [0.1, 0.15) is 12.6 Å². The summed E-state index contributed by atoms with van der Waals surface area (Å²) in [5.74, 6) is -1.14. The Balaban J connectivity index is 1.86. The van der Waals surface area contributed by atoms with E-state index in [1.54, 1.807) is 43.3 Å². The largest absolute Gasteiger partial charge is 0.417 e. The van der Waals surface area contributed by atoms with Crippen LogP contribution in [0, 0.1) is 19.8 Å². The van der Waals surface area contributed by atoms with Crippen molar-refractivity contribution in [2.75, 3.05) is 17.4 Å². The van der Waals surface area contributed by atoms with E-state index in [0.717, 1.165) is 28.8 Å². The monoisotopic (exact) mass is 713 g/mol.